The topological polar surface area (TPSA) is 55.8 Å². The molecule has 0 bridgehead atoms. The fourth-order valence-electron chi connectivity index (χ4n) is 4.77. The molecule has 1 N–H and O–H groups in total. The molecule has 272 valence electrons. The Bertz CT molecular complexity index is 918. The van der Waals surface area contributed by atoms with Gasteiger partial charge in [-0.3, -0.25) is 4.79 Å². The lowest BCUT2D eigenvalue weighted by Gasteiger charge is -2.15. The smallest absolute Gasteiger partial charge is 0.306 e. The number of hydrogen-bond donors (Lipinski definition) is 1. The summed E-state index contributed by atoms with van der Waals surface area (Å²) in [5, 5.41) is 9.55. The van der Waals surface area contributed by atoms with Crippen molar-refractivity contribution in [3.8, 4) is 0 Å². The van der Waals surface area contributed by atoms with Gasteiger partial charge in [0.2, 0.25) is 0 Å². The predicted molar refractivity (Wildman–Crippen MR) is 209 cm³/mol. The Morgan fingerprint density at radius 3 is 1.44 bits per heavy atom. The molecule has 0 heterocycles. The first-order valence-corrected chi connectivity index (χ1v) is 19.3. The quantitative estimate of drug-likeness (QED) is 0.0422. The minimum absolute atomic E-state index is 0.199. The molecule has 0 radical (unpaired) electrons. The van der Waals surface area contributed by atoms with Crippen molar-refractivity contribution >= 4 is 5.97 Å². The maximum atomic E-state index is 12.1. The van der Waals surface area contributed by atoms with Crippen LogP contribution in [0.25, 0.3) is 0 Å². The van der Waals surface area contributed by atoms with Gasteiger partial charge in [0.1, 0.15) is 6.10 Å². The highest BCUT2D eigenvalue weighted by atomic mass is 16.6. The lowest BCUT2D eigenvalue weighted by Crippen LogP contribution is -2.27. The van der Waals surface area contributed by atoms with Crippen LogP contribution in [0.15, 0.2) is 97.2 Å². The number of carbonyl (C=O) groups excluding carboxylic acids is 1. The molecule has 0 aliphatic rings. The van der Waals surface area contributed by atoms with Crippen LogP contribution in [0.4, 0.5) is 0 Å². The molecule has 4 nitrogen and oxygen atoms in total. The molecule has 4 heteroatoms. The van der Waals surface area contributed by atoms with Gasteiger partial charge in [0.15, 0.2) is 0 Å². The molecule has 0 aromatic heterocycles. The van der Waals surface area contributed by atoms with Gasteiger partial charge in [0.25, 0.3) is 0 Å². The van der Waals surface area contributed by atoms with Gasteiger partial charge in [-0.05, 0) is 96.3 Å². The van der Waals surface area contributed by atoms with Crippen LogP contribution in [0, 0.1) is 0 Å². The SMILES string of the molecule is CC/C=C\C/C=C\C/C=C\C/C=C\C/C=C\C/C=C\C/C=C\CCCCOCC(CO)OC(=O)CCCCCCC/C=C\CCCCC. The summed E-state index contributed by atoms with van der Waals surface area (Å²) in [6, 6.07) is 0. The zero-order chi connectivity index (χ0) is 34.9. The number of ether oxygens (including phenoxy) is 2. The van der Waals surface area contributed by atoms with E-state index in [9.17, 15) is 9.90 Å². The van der Waals surface area contributed by atoms with Gasteiger partial charge in [-0.2, -0.15) is 0 Å². The highest BCUT2D eigenvalue weighted by Crippen LogP contribution is 2.10. The molecule has 0 aromatic carbocycles. The lowest BCUT2D eigenvalue weighted by atomic mass is 10.1. The average molecular weight is 665 g/mol. The number of allylic oxidation sites excluding steroid dienone is 16. The third kappa shape index (κ3) is 37.8. The molecule has 0 aliphatic heterocycles. The second-order valence-corrected chi connectivity index (χ2v) is 12.3. The van der Waals surface area contributed by atoms with Crippen LogP contribution in [0.3, 0.4) is 0 Å². The van der Waals surface area contributed by atoms with Gasteiger partial charge >= 0.3 is 5.97 Å². The zero-order valence-electron chi connectivity index (χ0n) is 31.0. The summed E-state index contributed by atoms with van der Waals surface area (Å²) in [4.78, 5) is 12.1. The number of hydrogen-bond acceptors (Lipinski definition) is 4. The van der Waals surface area contributed by atoms with Crippen molar-refractivity contribution < 1.29 is 19.4 Å². The first kappa shape index (κ1) is 45.3. The van der Waals surface area contributed by atoms with Crippen molar-refractivity contribution in [2.75, 3.05) is 19.8 Å². The Morgan fingerprint density at radius 2 is 0.938 bits per heavy atom. The second kappa shape index (κ2) is 40.5. The highest BCUT2D eigenvalue weighted by molar-refractivity contribution is 5.69. The van der Waals surface area contributed by atoms with E-state index in [1.807, 2.05) is 0 Å². The molecule has 0 amide bonds. The number of rotatable bonds is 34. The van der Waals surface area contributed by atoms with Gasteiger partial charge in [-0.1, -0.05) is 143 Å². The standard InChI is InChI=1S/C44H72O4/c1-3-5-7-9-11-13-15-17-18-19-20-21-22-23-24-25-26-27-28-30-32-34-36-38-40-47-42-43(41-45)48-44(46)39-37-35-33-31-29-16-14-12-10-8-6-4-2/h5,7,11-14,17-18,20-21,23-24,26-27,30,32,43,45H,3-4,6,8-10,15-16,19,22,25,28-29,31,33-42H2,1-2H3/b7-5-,13-11-,14-12-,18-17-,21-20-,24-23-,27-26-,32-30-. The zero-order valence-corrected chi connectivity index (χ0v) is 31.0. The average Bonchev–Trinajstić information content (AvgIpc) is 3.09. The molecule has 0 aliphatic carbocycles. The van der Waals surface area contributed by atoms with Crippen molar-refractivity contribution in [2.45, 2.75) is 155 Å². The number of carbonyl (C=O) groups is 1. The van der Waals surface area contributed by atoms with Crippen LogP contribution >= 0.6 is 0 Å². The Kier molecular flexibility index (Phi) is 38.2. The Labute approximate surface area is 296 Å². The van der Waals surface area contributed by atoms with Crippen LogP contribution in [0.2, 0.25) is 0 Å². The fraction of sp³-hybridized carbons (Fsp3) is 0.614. The molecule has 0 spiro atoms. The van der Waals surface area contributed by atoms with E-state index in [-0.39, 0.29) is 19.2 Å². The molecular formula is C44H72O4. The van der Waals surface area contributed by atoms with E-state index in [0.29, 0.717) is 13.0 Å². The Hall–Kier alpha value is -2.69. The van der Waals surface area contributed by atoms with Gasteiger partial charge in [-0.15, -0.1) is 0 Å². The third-order valence-corrected chi connectivity index (χ3v) is 7.64. The largest absolute Gasteiger partial charge is 0.457 e. The van der Waals surface area contributed by atoms with Crippen molar-refractivity contribution in [2.24, 2.45) is 0 Å². The molecule has 0 saturated carbocycles. The molecule has 0 aromatic rings. The number of aliphatic hydroxyl groups is 1. The van der Waals surface area contributed by atoms with E-state index >= 15 is 0 Å². The van der Waals surface area contributed by atoms with E-state index in [4.69, 9.17) is 9.47 Å². The van der Waals surface area contributed by atoms with Crippen LogP contribution in [0.5, 0.6) is 0 Å². The number of unbranched alkanes of at least 4 members (excludes halogenated alkanes) is 10. The monoisotopic (exact) mass is 665 g/mol. The molecule has 1 atom stereocenters. The molecule has 0 saturated heterocycles. The van der Waals surface area contributed by atoms with Crippen LogP contribution in [-0.2, 0) is 14.3 Å². The molecular weight excluding hydrogens is 592 g/mol. The second-order valence-electron chi connectivity index (χ2n) is 12.3. The lowest BCUT2D eigenvalue weighted by molar-refractivity contribution is -0.154. The first-order chi connectivity index (χ1) is 23.7. The molecule has 0 rings (SSSR count). The molecule has 0 fully saturated rings. The van der Waals surface area contributed by atoms with Crippen LogP contribution < -0.4 is 0 Å². The maximum Gasteiger partial charge on any atom is 0.306 e. The summed E-state index contributed by atoms with van der Waals surface area (Å²) in [5.74, 6) is -0.232. The normalized spacial score (nSPS) is 13.5. The predicted octanol–water partition coefficient (Wildman–Crippen LogP) is 12.6. The van der Waals surface area contributed by atoms with Crippen molar-refractivity contribution in [1.29, 1.82) is 0 Å². The summed E-state index contributed by atoms with van der Waals surface area (Å²) in [6.07, 6.45) is 57.4. The van der Waals surface area contributed by atoms with E-state index in [1.54, 1.807) is 0 Å². The fourth-order valence-corrected chi connectivity index (χ4v) is 4.77. The van der Waals surface area contributed by atoms with E-state index in [1.165, 1.54) is 38.5 Å². The van der Waals surface area contributed by atoms with Crippen LogP contribution in [0.1, 0.15) is 149 Å². The molecule has 48 heavy (non-hydrogen) atoms. The Morgan fingerprint density at radius 1 is 0.521 bits per heavy atom. The summed E-state index contributed by atoms with van der Waals surface area (Å²) in [7, 11) is 0. The van der Waals surface area contributed by atoms with Gasteiger partial charge < -0.3 is 14.6 Å². The minimum Gasteiger partial charge on any atom is -0.457 e. The van der Waals surface area contributed by atoms with E-state index in [2.05, 4.69) is 111 Å². The summed E-state index contributed by atoms with van der Waals surface area (Å²) < 4.78 is 11.1. The van der Waals surface area contributed by atoms with Crippen molar-refractivity contribution in [1.82, 2.24) is 0 Å². The van der Waals surface area contributed by atoms with E-state index < -0.39 is 6.10 Å². The van der Waals surface area contributed by atoms with Crippen LogP contribution in [-0.4, -0.2) is 37.0 Å². The number of esters is 1. The van der Waals surface area contributed by atoms with Crippen molar-refractivity contribution in [3.63, 3.8) is 0 Å². The van der Waals surface area contributed by atoms with Gasteiger partial charge in [0, 0.05) is 13.0 Å². The van der Waals surface area contributed by atoms with Gasteiger partial charge in [0.05, 0.1) is 13.2 Å². The minimum atomic E-state index is -0.567. The van der Waals surface area contributed by atoms with Crippen molar-refractivity contribution in [3.05, 3.63) is 97.2 Å². The summed E-state index contributed by atoms with van der Waals surface area (Å²) in [5.41, 5.74) is 0. The van der Waals surface area contributed by atoms with E-state index in [0.717, 1.165) is 89.9 Å². The third-order valence-electron chi connectivity index (χ3n) is 7.64. The summed E-state index contributed by atoms with van der Waals surface area (Å²) in [6.45, 7) is 5.07. The highest BCUT2D eigenvalue weighted by Gasteiger charge is 2.13. The molecule has 1 unspecified atom stereocenters. The maximum absolute atomic E-state index is 12.1. The number of aliphatic hydroxyl groups excluding tert-OH is 1. The summed E-state index contributed by atoms with van der Waals surface area (Å²) >= 11 is 0. The van der Waals surface area contributed by atoms with Gasteiger partial charge in [-0.25, -0.2) is 0 Å². The Balaban J connectivity index is 3.62. The first-order valence-electron chi connectivity index (χ1n) is 19.3.